The molecule has 168 valence electrons. The van der Waals surface area contributed by atoms with E-state index in [9.17, 15) is 17.6 Å². The third-order valence-electron chi connectivity index (χ3n) is 5.72. The predicted molar refractivity (Wildman–Crippen MR) is 125 cm³/mol. The molecule has 32 heavy (non-hydrogen) atoms. The van der Waals surface area contributed by atoms with Gasteiger partial charge in [-0.2, -0.15) is 0 Å². The van der Waals surface area contributed by atoms with Crippen LogP contribution >= 0.6 is 22.9 Å². The zero-order valence-corrected chi connectivity index (χ0v) is 19.1. The number of benzene rings is 2. The van der Waals surface area contributed by atoms with Gasteiger partial charge in [-0.3, -0.25) is 9.52 Å². The Labute approximate surface area is 195 Å². The molecule has 1 saturated heterocycles. The van der Waals surface area contributed by atoms with Crippen molar-refractivity contribution in [2.24, 2.45) is 0 Å². The number of carbonyl (C=O) groups is 1. The van der Waals surface area contributed by atoms with Crippen LogP contribution in [0.4, 0.5) is 20.9 Å². The molecule has 0 aliphatic carbocycles. The fourth-order valence-corrected chi connectivity index (χ4v) is 6.14. The zero-order chi connectivity index (χ0) is 22.5. The van der Waals surface area contributed by atoms with Crippen LogP contribution in [-0.2, 0) is 21.2 Å². The van der Waals surface area contributed by atoms with Gasteiger partial charge in [-0.25, -0.2) is 17.8 Å². The largest absolute Gasteiger partial charge is 0.359 e. The first-order valence-electron chi connectivity index (χ1n) is 9.92. The van der Waals surface area contributed by atoms with Crippen molar-refractivity contribution in [3.8, 4) is 0 Å². The summed E-state index contributed by atoms with van der Waals surface area (Å²) in [5.41, 5.74) is 2.27. The maximum Gasteiger partial charge on any atom is 0.263 e. The van der Waals surface area contributed by atoms with E-state index in [2.05, 4.69) is 9.71 Å². The third-order valence-corrected chi connectivity index (χ3v) is 8.18. The van der Waals surface area contributed by atoms with Gasteiger partial charge in [0.1, 0.15) is 11.9 Å². The lowest BCUT2D eigenvalue weighted by molar-refractivity contribution is -0.118. The van der Waals surface area contributed by atoms with E-state index in [0.29, 0.717) is 31.6 Å². The first kappa shape index (κ1) is 21.2. The predicted octanol–water partition coefficient (Wildman–Crippen LogP) is 4.15. The Hall–Kier alpha value is -2.69. The number of nitrogens with one attached hydrogen (secondary N) is 1. The lowest BCUT2D eigenvalue weighted by atomic mass is 10.1. The van der Waals surface area contributed by atoms with Crippen molar-refractivity contribution in [2.75, 3.05) is 27.6 Å². The Morgan fingerprint density at radius 2 is 2.00 bits per heavy atom. The molecule has 3 aromatic rings. The molecule has 1 N–H and O–H groups in total. The van der Waals surface area contributed by atoms with Crippen molar-refractivity contribution < 1.29 is 19.0 Å². The van der Waals surface area contributed by atoms with E-state index >= 15 is 0 Å². The number of thiazole rings is 1. The summed E-state index contributed by atoms with van der Waals surface area (Å²) in [6, 6.07) is 8.85. The minimum absolute atomic E-state index is 0. The summed E-state index contributed by atoms with van der Waals surface area (Å²) in [6.45, 7) is 1.13. The van der Waals surface area contributed by atoms with Gasteiger partial charge >= 0.3 is 0 Å². The number of halogens is 2. The number of sulfonamides is 1. The van der Waals surface area contributed by atoms with Gasteiger partial charge in [0.15, 0.2) is 5.13 Å². The van der Waals surface area contributed by atoms with Gasteiger partial charge in [0, 0.05) is 37.5 Å². The van der Waals surface area contributed by atoms with Gasteiger partial charge in [-0.05, 0) is 54.8 Å². The molecule has 2 aliphatic rings. The summed E-state index contributed by atoms with van der Waals surface area (Å²) < 4.78 is 41.3. The number of rotatable bonds is 5. The molecule has 1 atom stereocenters. The molecule has 1 amide bonds. The van der Waals surface area contributed by atoms with Gasteiger partial charge in [-0.1, -0.05) is 11.6 Å². The molecule has 0 radical (unpaired) electrons. The Morgan fingerprint density at radius 3 is 2.72 bits per heavy atom. The first-order valence-corrected chi connectivity index (χ1v) is 12.7. The van der Waals surface area contributed by atoms with Crippen molar-refractivity contribution in [2.45, 2.75) is 23.8 Å². The topological polar surface area (TPSA) is 82.6 Å². The van der Waals surface area contributed by atoms with E-state index in [4.69, 9.17) is 11.6 Å². The molecule has 3 heterocycles. The highest BCUT2D eigenvalue weighted by Gasteiger charge is 2.39. The Bertz CT molecular complexity index is 1290. The summed E-state index contributed by atoms with van der Waals surface area (Å²) in [7, 11) is -3.76. The number of hydrogen-bond donors (Lipinski definition) is 1. The number of fused-ring (bicyclic) bond motifs is 1. The number of nitrogens with zero attached hydrogens (tertiary/aromatic N) is 3. The van der Waals surface area contributed by atoms with Crippen LogP contribution in [0.15, 0.2) is 52.9 Å². The van der Waals surface area contributed by atoms with Gasteiger partial charge < -0.3 is 9.80 Å². The molecular weight excluding hydrogens is 475 g/mol. The molecule has 0 unspecified atom stereocenters. The maximum atomic E-state index is 13.8. The average molecular weight is 495 g/mol. The average Bonchev–Trinajstić information content (AvgIpc) is 3.49. The smallest absolute Gasteiger partial charge is 0.263 e. The summed E-state index contributed by atoms with van der Waals surface area (Å²) >= 11 is 7.16. The van der Waals surface area contributed by atoms with Crippen molar-refractivity contribution in [3.63, 3.8) is 0 Å². The van der Waals surface area contributed by atoms with Crippen molar-refractivity contribution >= 4 is 55.4 Å². The number of aromatic nitrogens is 1. The fraction of sp³-hybridized carbons (Fsp3) is 0.238. The Kier molecular flexibility index (Phi) is 5.31. The summed E-state index contributed by atoms with van der Waals surface area (Å²) in [4.78, 5) is 20.8. The first-order chi connectivity index (χ1) is 15.3. The molecular formula is C21H20ClFN4O3S2. The Morgan fingerprint density at radius 1 is 1.22 bits per heavy atom. The van der Waals surface area contributed by atoms with Crippen LogP contribution in [0, 0.1) is 5.82 Å². The van der Waals surface area contributed by atoms with E-state index in [1.807, 2.05) is 4.90 Å². The van der Waals surface area contributed by atoms with Gasteiger partial charge in [-0.15, -0.1) is 11.3 Å². The highest BCUT2D eigenvalue weighted by atomic mass is 35.5. The zero-order valence-electron chi connectivity index (χ0n) is 16.7. The molecule has 7 nitrogen and oxygen atoms in total. The quantitative estimate of drug-likeness (QED) is 0.576. The van der Waals surface area contributed by atoms with E-state index in [-0.39, 0.29) is 28.4 Å². The van der Waals surface area contributed by atoms with Crippen LogP contribution in [0.5, 0.6) is 0 Å². The minimum atomic E-state index is -3.76. The number of amides is 1. The second-order valence-electron chi connectivity index (χ2n) is 7.57. The van der Waals surface area contributed by atoms with Crippen LogP contribution in [-0.4, -0.2) is 38.4 Å². The lowest BCUT2D eigenvalue weighted by Gasteiger charge is -2.26. The number of hydrogen-bond acceptors (Lipinski definition) is 6. The van der Waals surface area contributed by atoms with Crippen LogP contribution in [0.2, 0.25) is 5.02 Å². The van der Waals surface area contributed by atoms with E-state index < -0.39 is 15.8 Å². The summed E-state index contributed by atoms with van der Waals surface area (Å²) in [5.74, 6) is -0.527. The third kappa shape index (κ3) is 3.72. The highest BCUT2D eigenvalue weighted by Crippen LogP contribution is 2.37. The van der Waals surface area contributed by atoms with Crippen LogP contribution in [0.3, 0.4) is 0 Å². The fourth-order valence-electron chi connectivity index (χ4n) is 4.19. The molecule has 1 aromatic heterocycles. The molecule has 1 fully saturated rings. The molecule has 2 aliphatic heterocycles. The molecule has 0 spiro atoms. The molecule has 5 rings (SSSR count). The summed E-state index contributed by atoms with van der Waals surface area (Å²) in [5, 5.41) is 2.01. The second kappa shape index (κ2) is 8.02. The number of carbonyl (C=O) groups excluding carboxylic acids is 1. The van der Waals surface area contributed by atoms with E-state index in [1.54, 1.807) is 28.5 Å². The SMILES string of the molecule is O=C1[C@@H](N2CCc3cc(F)c(Cl)cc32)CCN1c1ccc(S(=O)(=O)Nc2nccs2)cc1.[HH]. The molecule has 0 saturated carbocycles. The van der Waals surface area contributed by atoms with E-state index in [0.717, 1.165) is 11.3 Å². The highest BCUT2D eigenvalue weighted by molar-refractivity contribution is 7.93. The number of anilines is 3. The van der Waals surface area contributed by atoms with Crippen molar-refractivity contribution in [1.82, 2.24) is 4.98 Å². The van der Waals surface area contributed by atoms with Crippen LogP contribution < -0.4 is 14.5 Å². The summed E-state index contributed by atoms with van der Waals surface area (Å²) in [6.07, 6.45) is 2.79. The molecule has 2 aromatic carbocycles. The van der Waals surface area contributed by atoms with Crippen molar-refractivity contribution in [1.29, 1.82) is 0 Å². The van der Waals surface area contributed by atoms with Crippen LogP contribution in [0.1, 0.15) is 13.4 Å². The van der Waals surface area contributed by atoms with Crippen LogP contribution in [0.25, 0.3) is 0 Å². The van der Waals surface area contributed by atoms with Gasteiger partial charge in [0.2, 0.25) is 5.91 Å². The normalized spacial score (nSPS) is 18.3. The lowest BCUT2D eigenvalue weighted by Crippen LogP contribution is -2.41. The monoisotopic (exact) mass is 494 g/mol. The standard InChI is InChI=1S/C21H18ClFN4O3S2.H2/c22-16-12-19-13(11-17(16)23)5-8-27(19)18-6-9-26(20(18)28)14-1-3-15(4-2-14)32(29,30)25-21-24-7-10-31-21;/h1-4,7,10-12,18H,5-6,8-9H2,(H,24,25);1H/t18-;/m0./s1. The van der Waals surface area contributed by atoms with Gasteiger partial charge in [0.25, 0.3) is 10.0 Å². The maximum absolute atomic E-state index is 13.8. The minimum Gasteiger partial charge on any atom is -0.359 e. The van der Waals surface area contributed by atoms with E-state index in [1.165, 1.54) is 35.7 Å². The molecule has 0 bridgehead atoms. The van der Waals surface area contributed by atoms with Crippen molar-refractivity contribution in [3.05, 3.63) is 64.4 Å². The Balaban J connectivity index is 0.00000259. The second-order valence-corrected chi connectivity index (χ2v) is 10.6. The van der Waals surface area contributed by atoms with Gasteiger partial charge in [0.05, 0.1) is 9.92 Å². The molecule has 11 heteroatoms.